The molecule has 1 aromatic heterocycles. The van der Waals surface area contributed by atoms with Gasteiger partial charge in [-0.1, -0.05) is 32.0 Å². The first-order chi connectivity index (χ1) is 13.6. The molecule has 0 amide bonds. The molecule has 0 saturated carbocycles. The Morgan fingerprint density at radius 3 is 2.64 bits per heavy atom. The van der Waals surface area contributed by atoms with Crippen molar-refractivity contribution < 1.29 is 4.74 Å². The van der Waals surface area contributed by atoms with Crippen LogP contribution in [0.1, 0.15) is 37.3 Å². The maximum absolute atomic E-state index is 9.60. The highest BCUT2D eigenvalue weighted by Gasteiger charge is 2.10. The number of para-hydroxylation sites is 1. The zero-order valence-corrected chi connectivity index (χ0v) is 17.1. The van der Waals surface area contributed by atoms with E-state index in [2.05, 4.69) is 36.3 Å². The first kappa shape index (κ1) is 19.7. The monoisotopic (exact) mass is 389 g/mol. The third-order valence-electron chi connectivity index (χ3n) is 4.27. The van der Waals surface area contributed by atoms with Gasteiger partial charge >= 0.3 is 0 Å². The quantitative estimate of drug-likeness (QED) is 0.481. The van der Waals surface area contributed by atoms with Crippen LogP contribution < -0.4 is 10.1 Å². The van der Waals surface area contributed by atoms with Crippen LogP contribution >= 0.6 is 11.3 Å². The average Bonchev–Trinajstić information content (AvgIpc) is 3.19. The lowest BCUT2D eigenvalue weighted by molar-refractivity contribution is 0.340. The number of anilines is 1. The Kier molecular flexibility index (Phi) is 6.46. The van der Waals surface area contributed by atoms with Gasteiger partial charge in [-0.2, -0.15) is 5.26 Å². The summed E-state index contributed by atoms with van der Waals surface area (Å²) in [5.74, 6) is 1.24. The number of rotatable bonds is 7. The van der Waals surface area contributed by atoms with Gasteiger partial charge in [0.05, 0.1) is 12.3 Å². The lowest BCUT2D eigenvalue weighted by Gasteiger charge is -2.12. The van der Waals surface area contributed by atoms with Crippen LogP contribution in [0.4, 0.5) is 5.69 Å². The lowest BCUT2D eigenvalue weighted by atomic mass is 10.0. The Morgan fingerprint density at radius 2 is 1.96 bits per heavy atom. The molecule has 1 N–H and O–H groups in total. The summed E-state index contributed by atoms with van der Waals surface area (Å²) in [6.07, 6.45) is 1.74. The summed E-state index contributed by atoms with van der Waals surface area (Å²) in [4.78, 5) is 4.64. The van der Waals surface area contributed by atoms with E-state index in [1.807, 2.05) is 54.8 Å². The molecule has 0 atom stereocenters. The minimum absolute atomic E-state index is 0.397. The van der Waals surface area contributed by atoms with Gasteiger partial charge in [0.25, 0.3) is 0 Å². The van der Waals surface area contributed by atoms with Gasteiger partial charge in [-0.25, -0.2) is 4.98 Å². The molecule has 0 fully saturated rings. The van der Waals surface area contributed by atoms with Gasteiger partial charge in [-0.05, 0) is 48.7 Å². The molecule has 0 radical (unpaired) electrons. The number of nitrogens with zero attached hydrogens (tertiary/aromatic N) is 2. The zero-order valence-electron chi connectivity index (χ0n) is 16.3. The fourth-order valence-electron chi connectivity index (χ4n) is 2.84. The Morgan fingerprint density at radius 1 is 1.21 bits per heavy atom. The number of nitrogens with one attached hydrogen (secondary N) is 1. The Labute approximate surface area is 170 Å². The smallest absolute Gasteiger partial charge is 0.136 e. The van der Waals surface area contributed by atoms with Crippen molar-refractivity contribution >= 4 is 22.6 Å². The topological polar surface area (TPSA) is 57.9 Å². The number of allylic oxidation sites excluding steroid dienone is 1. The van der Waals surface area contributed by atoms with E-state index in [1.54, 1.807) is 6.20 Å². The largest absolute Gasteiger partial charge is 0.494 e. The first-order valence-corrected chi connectivity index (χ1v) is 10.1. The highest BCUT2D eigenvalue weighted by molar-refractivity contribution is 7.11. The SMILES string of the molecule is CCOc1ccc(-c2csc(/C(C#N)=C/Nc3ccccc3C(C)C)n2)cc1. The molecule has 4 nitrogen and oxygen atoms in total. The molecule has 5 heteroatoms. The second kappa shape index (κ2) is 9.20. The molecule has 0 aliphatic carbocycles. The van der Waals surface area contributed by atoms with Gasteiger partial charge in [0, 0.05) is 22.8 Å². The Balaban J connectivity index is 1.81. The molecule has 0 bridgehead atoms. The summed E-state index contributed by atoms with van der Waals surface area (Å²) in [7, 11) is 0. The lowest BCUT2D eigenvalue weighted by Crippen LogP contribution is -1.97. The van der Waals surface area contributed by atoms with Gasteiger partial charge in [0.15, 0.2) is 0 Å². The summed E-state index contributed by atoms with van der Waals surface area (Å²) >= 11 is 1.46. The van der Waals surface area contributed by atoms with Crippen LogP contribution in [-0.2, 0) is 0 Å². The molecule has 1 heterocycles. The maximum atomic E-state index is 9.60. The third-order valence-corrected chi connectivity index (χ3v) is 5.15. The summed E-state index contributed by atoms with van der Waals surface area (Å²) < 4.78 is 5.48. The van der Waals surface area contributed by atoms with Crippen LogP contribution in [0.15, 0.2) is 60.1 Å². The molecule has 3 rings (SSSR count). The minimum Gasteiger partial charge on any atom is -0.494 e. The molecule has 0 spiro atoms. The number of nitriles is 1. The third kappa shape index (κ3) is 4.59. The van der Waals surface area contributed by atoms with Crippen molar-refractivity contribution in [2.24, 2.45) is 0 Å². The van der Waals surface area contributed by atoms with Gasteiger partial charge in [-0.15, -0.1) is 11.3 Å². The number of aromatic nitrogens is 1. The molecular formula is C23H23N3OS. The van der Waals surface area contributed by atoms with Crippen LogP contribution in [0.3, 0.4) is 0 Å². The molecule has 0 aliphatic rings. The van der Waals surface area contributed by atoms with Crippen LogP contribution in [0.25, 0.3) is 16.8 Å². The van der Waals surface area contributed by atoms with E-state index in [-0.39, 0.29) is 0 Å². The summed E-state index contributed by atoms with van der Waals surface area (Å²) in [5, 5.41) is 15.5. The van der Waals surface area contributed by atoms with E-state index >= 15 is 0 Å². The van der Waals surface area contributed by atoms with Gasteiger partial charge in [0.1, 0.15) is 22.4 Å². The number of ether oxygens (including phenoxy) is 1. The van der Waals surface area contributed by atoms with E-state index < -0.39 is 0 Å². The van der Waals surface area contributed by atoms with Crippen LogP contribution in [0.2, 0.25) is 0 Å². The van der Waals surface area contributed by atoms with E-state index in [1.165, 1.54) is 16.9 Å². The molecule has 0 unspecified atom stereocenters. The van der Waals surface area contributed by atoms with Gasteiger partial charge < -0.3 is 10.1 Å². The van der Waals surface area contributed by atoms with Crippen molar-refractivity contribution in [1.82, 2.24) is 4.98 Å². The standard InChI is InChI=1S/C23H23N3OS/c1-4-27-19-11-9-17(10-12-19)22-15-28-23(26-22)18(13-24)14-25-21-8-6-5-7-20(21)16(2)3/h5-12,14-16,25H,4H2,1-3H3/b18-14+. The van der Waals surface area contributed by atoms with Crippen LogP contribution in [0.5, 0.6) is 5.75 Å². The summed E-state index contributed by atoms with van der Waals surface area (Å²) in [6, 6.07) is 18.2. The van der Waals surface area contributed by atoms with Crippen molar-refractivity contribution in [3.05, 3.63) is 70.7 Å². The molecular weight excluding hydrogens is 366 g/mol. The van der Waals surface area contributed by atoms with Gasteiger partial charge in [0.2, 0.25) is 0 Å². The number of hydrogen-bond acceptors (Lipinski definition) is 5. The van der Waals surface area contributed by atoms with E-state index in [0.29, 0.717) is 23.1 Å². The minimum atomic E-state index is 0.397. The number of benzene rings is 2. The van der Waals surface area contributed by atoms with Crippen molar-refractivity contribution in [1.29, 1.82) is 5.26 Å². The second-order valence-electron chi connectivity index (χ2n) is 6.55. The molecule has 28 heavy (non-hydrogen) atoms. The van der Waals surface area contributed by atoms with E-state index in [0.717, 1.165) is 22.7 Å². The average molecular weight is 390 g/mol. The van der Waals surface area contributed by atoms with Gasteiger partial charge in [-0.3, -0.25) is 0 Å². The molecule has 3 aromatic rings. The molecule has 2 aromatic carbocycles. The maximum Gasteiger partial charge on any atom is 0.136 e. The fraction of sp³-hybridized carbons (Fsp3) is 0.217. The van der Waals surface area contributed by atoms with E-state index in [9.17, 15) is 5.26 Å². The predicted molar refractivity (Wildman–Crippen MR) is 116 cm³/mol. The van der Waals surface area contributed by atoms with Crippen LogP contribution in [0, 0.1) is 11.3 Å². The Bertz CT molecular complexity index is 997. The highest BCUT2D eigenvalue weighted by atomic mass is 32.1. The zero-order chi connectivity index (χ0) is 19.9. The number of hydrogen-bond donors (Lipinski definition) is 1. The predicted octanol–water partition coefficient (Wildman–Crippen LogP) is 6.31. The normalized spacial score (nSPS) is 11.3. The van der Waals surface area contributed by atoms with Crippen molar-refractivity contribution in [3.8, 4) is 23.1 Å². The molecule has 142 valence electrons. The first-order valence-electron chi connectivity index (χ1n) is 9.27. The Hall–Kier alpha value is -3.10. The van der Waals surface area contributed by atoms with E-state index in [4.69, 9.17) is 4.74 Å². The number of thiazole rings is 1. The van der Waals surface area contributed by atoms with Crippen molar-refractivity contribution in [2.45, 2.75) is 26.7 Å². The van der Waals surface area contributed by atoms with Crippen LogP contribution in [-0.4, -0.2) is 11.6 Å². The van der Waals surface area contributed by atoms with Crippen molar-refractivity contribution in [3.63, 3.8) is 0 Å². The molecule has 0 saturated heterocycles. The fourth-order valence-corrected chi connectivity index (χ4v) is 3.64. The van der Waals surface area contributed by atoms with Crippen molar-refractivity contribution in [2.75, 3.05) is 11.9 Å². The summed E-state index contributed by atoms with van der Waals surface area (Å²) in [6.45, 7) is 6.91. The summed E-state index contributed by atoms with van der Waals surface area (Å²) in [5.41, 5.74) is 4.59. The highest BCUT2D eigenvalue weighted by Crippen LogP contribution is 2.28. The molecule has 0 aliphatic heterocycles. The second-order valence-corrected chi connectivity index (χ2v) is 7.41.